The Bertz CT molecular complexity index is 300. The third-order valence-electron chi connectivity index (χ3n) is 4.61. The van der Waals surface area contributed by atoms with Crippen LogP contribution in [0.25, 0.3) is 0 Å². The Kier molecular flexibility index (Phi) is 8.64. The largest absolute Gasteiger partial charge is 0.338 e. The molecule has 1 aliphatic heterocycles. The SMILES string of the molecule is CCN(CCC1CCC(C)N1C)C(=O)NCCCCNN. The van der Waals surface area contributed by atoms with E-state index in [1.54, 1.807) is 0 Å². The number of nitrogens with zero attached hydrogens (tertiary/aromatic N) is 2. The summed E-state index contributed by atoms with van der Waals surface area (Å²) in [5, 5.41) is 2.99. The molecule has 1 rings (SSSR count). The molecule has 6 nitrogen and oxygen atoms in total. The smallest absolute Gasteiger partial charge is 0.317 e. The van der Waals surface area contributed by atoms with Crippen molar-refractivity contribution in [3.05, 3.63) is 0 Å². The van der Waals surface area contributed by atoms with Gasteiger partial charge in [0.25, 0.3) is 0 Å². The van der Waals surface area contributed by atoms with Crippen LogP contribution in [0.3, 0.4) is 0 Å². The van der Waals surface area contributed by atoms with Crippen LogP contribution in [0.4, 0.5) is 4.79 Å². The molecule has 4 N–H and O–H groups in total. The number of carbonyl (C=O) groups excluding carboxylic acids is 1. The highest BCUT2D eigenvalue weighted by Gasteiger charge is 2.27. The standard InChI is InChI=1S/C15H33N5O/c1-4-20(15(21)17-10-5-6-11-18-16)12-9-14-8-7-13(2)19(14)3/h13-14,18H,4-12,16H2,1-3H3,(H,17,21). The molecule has 1 heterocycles. The monoisotopic (exact) mass is 299 g/mol. The van der Waals surface area contributed by atoms with Crippen LogP contribution in [0.2, 0.25) is 0 Å². The van der Waals surface area contributed by atoms with Crippen LogP contribution >= 0.6 is 0 Å². The van der Waals surface area contributed by atoms with E-state index in [1.165, 1.54) is 12.8 Å². The molecule has 2 unspecified atom stereocenters. The Morgan fingerprint density at radius 1 is 1.33 bits per heavy atom. The number of amides is 2. The number of nitrogens with one attached hydrogen (secondary N) is 2. The van der Waals surface area contributed by atoms with Crippen LogP contribution in [-0.2, 0) is 0 Å². The summed E-state index contributed by atoms with van der Waals surface area (Å²) in [5.41, 5.74) is 2.62. The molecule has 0 saturated carbocycles. The van der Waals surface area contributed by atoms with Gasteiger partial charge in [0.2, 0.25) is 0 Å². The fraction of sp³-hybridized carbons (Fsp3) is 0.933. The topological polar surface area (TPSA) is 73.6 Å². The molecule has 0 aromatic heterocycles. The number of rotatable bonds is 9. The molecular formula is C15H33N5O. The average Bonchev–Trinajstić information content (AvgIpc) is 2.79. The lowest BCUT2D eigenvalue weighted by atomic mass is 10.1. The lowest BCUT2D eigenvalue weighted by Crippen LogP contribution is -2.42. The second-order valence-electron chi connectivity index (χ2n) is 6.01. The van der Waals surface area contributed by atoms with E-state index in [0.717, 1.165) is 45.4 Å². The van der Waals surface area contributed by atoms with E-state index in [-0.39, 0.29) is 6.03 Å². The Labute approximate surface area is 129 Å². The highest BCUT2D eigenvalue weighted by Crippen LogP contribution is 2.24. The van der Waals surface area contributed by atoms with Crippen molar-refractivity contribution in [1.82, 2.24) is 20.5 Å². The molecule has 1 aliphatic rings. The second kappa shape index (κ2) is 9.97. The molecule has 1 fully saturated rings. The molecule has 1 saturated heterocycles. The zero-order valence-electron chi connectivity index (χ0n) is 13.9. The first-order chi connectivity index (χ1) is 10.1. The Hall–Kier alpha value is -0.850. The minimum atomic E-state index is 0.0620. The second-order valence-corrected chi connectivity index (χ2v) is 6.01. The predicted octanol–water partition coefficient (Wildman–Crippen LogP) is 1.13. The van der Waals surface area contributed by atoms with Crippen LogP contribution in [0.15, 0.2) is 0 Å². The van der Waals surface area contributed by atoms with E-state index in [4.69, 9.17) is 5.84 Å². The van der Waals surface area contributed by atoms with Gasteiger partial charge in [0.15, 0.2) is 0 Å². The van der Waals surface area contributed by atoms with Gasteiger partial charge in [-0.05, 0) is 53.0 Å². The van der Waals surface area contributed by atoms with Crippen molar-refractivity contribution in [2.24, 2.45) is 5.84 Å². The quantitative estimate of drug-likeness (QED) is 0.339. The number of hydrogen-bond acceptors (Lipinski definition) is 4. The molecule has 21 heavy (non-hydrogen) atoms. The molecule has 0 aromatic carbocycles. The van der Waals surface area contributed by atoms with Gasteiger partial charge >= 0.3 is 6.03 Å². The van der Waals surface area contributed by atoms with Crippen LogP contribution in [-0.4, -0.2) is 61.1 Å². The first-order valence-corrected chi connectivity index (χ1v) is 8.28. The lowest BCUT2D eigenvalue weighted by Gasteiger charge is -2.27. The van der Waals surface area contributed by atoms with E-state index in [2.05, 4.69) is 29.6 Å². The first-order valence-electron chi connectivity index (χ1n) is 8.28. The Balaban J connectivity index is 2.22. The molecule has 0 aliphatic carbocycles. The maximum atomic E-state index is 12.1. The van der Waals surface area contributed by atoms with E-state index in [9.17, 15) is 4.79 Å². The van der Waals surface area contributed by atoms with Gasteiger partial charge in [0, 0.05) is 38.3 Å². The molecule has 124 valence electrons. The third-order valence-corrected chi connectivity index (χ3v) is 4.61. The molecular weight excluding hydrogens is 266 g/mol. The van der Waals surface area contributed by atoms with Crippen molar-refractivity contribution in [3.8, 4) is 0 Å². The van der Waals surface area contributed by atoms with Gasteiger partial charge in [-0.2, -0.15) is 0 Å². The maximum absolute atomic E-state index is 12.1. The van der Waals surface area contributed by atoms with E-state index >= 15 is 0 Å². The summed E-state index contributed by atoms with van der Waals surface area (Å²) in [5.74, 6) is 5.21. The van der Waals surface area contributed by atoms with Gasteiger partial charge in [0.05, 0.1) is 0 Å². The number of hydrazine groups is 1. The number of urea groups is 1. The summed E-state index contributed by atoms with van der Waals surface area (Å²) in [6, 6.07) is 1.36. The predicted molar refractivity (Wildman–Crippen MR) is 86.9 cm³/mol. The van der Waals surface area contributed by atoms with Crippen LogP contribution < -0.4 is 16.6 Å². The molecule has 0 aromatic rings. The van der Waals surface area contributed by atoms with Gasteiger partial charge < -0.3 is 15.1 Å². The molecule has 2 amide bonds. The summed E-state index contributed by atoms with van der Waals surface area (Å²) in [6.07, 6.45) is 5.53. The van der Waals surface area contributed by atoms with Crippen molar-refractivity contribution in [1.29, 1.82) is 0 Å². The number of nitrogens with two attached hydrogens (primary N) is 1. The first kappa shape index (κ1) is 18.2. The summed E-state index contributed by atoms with van der Waals surface area (Å²) in [7, 11) is 2.20. The van der Waals surface area contributed by atoms with Crippen molar-refractivity contribution in [2.45, 2.75) is 58.0 Å². The van der Waals surface area contributed by atoms with E-state index in [0.29, 0.717) is 12.1 Å². The van der Waals surface area contributed by atoms with Crippen molar-refractivity contribution in [2.75, 3.05) is 33.2 Å². The molecule has 6 heteroatoms. The van der Waals surface area contributed by atoms with Gasteiger partial charge in [-0.3, -0.25) is 11.3 Å². The highest BCUT2D eigenvalue weighted by atomic mass is 16.2. The fourth-order valence-corrected chi connectivity index (χ4v) is 2.92. The number of likely N-dealkylation sites (tertiary alicyclic amines) is 1. The average molecular weight is 299 g/mol. The molecule has 2 atom stereocenters. The normalized spacial score (nSPS) is 22.5. The van der Waals surface area contributed by atoms with E-state index in [1.807, 2.05) is 11.8 Å². The fourth-order valence-electron chi connectivity index (χ4n) is 2.92. The van der Waals surface area contributed by atoms with Crippen LogP contribution in [0, 0.1) is 0 Å². The summed E-state index contributed by atoms with van der Waals surface area (Å²) < 4.78 is 0. The van der Waals surface area contributed by atoms with Crippen molar-refractivity contribution < 1.29 is 4.79 Å². The third kappa shape index (κ3) is 6.20. The minimum absolute atomic E-state index is 0.0620. The Morgan fingerprint density at radius 3 is 2.62 bits per heavy atom. The van der Waals surface area contributed by atoms with Crippen LogP contribution in [0.5, 0.6) is 0 Å². The van der Waals surface area contributed by atoms with E-state index < -0.39 is 0 Å². The van der Waals surface area contributed by atoms with Crippen molar-refractivity contribution >= 4 is 6.03 Å². The van der Waals surface area contributed by atoms with Gasteiger partial charge in [-0.15, -0.1) is 0 Å². The number of carbonyl (C=O) groups is 1. The summed E-state index contributed by atoms with van der Waals surface area (Å²) >= 11 is 0. The zero-order valence-corrected chi connectivity index (χ0v) is 13.9. The Morgan fingerprint density at radius 2 is 2.05 bits per heavy atom. The highest BCUT2D eigenvalue weighted by molar-refractivity contribution is 5.74. The molecule has 0 bridgehead atoms. The van der Waals surface area contributed by atoms with Crippen LogP contribution in [0.1, 0.15) is 46.0 Å². The number of hydrogen-bond donors (Lipinski definition) is 3. The summed E-state index contributed by atoms with van der Waals surface area (Å²) in [6.45, 7) is 7.44. The molecule has 0 spiro atoms. The van der Waals surface area contributed by atoms with Gasteiger partial charge in [0.1, 0.15) is 0 Å². The van der Waals surface area contributed by atoms with Crippen molar-refractivity contribution in [3.63, 3.8) is 0 Å². The maximum Gasteiger partial charge on any atom is 0.317 e. The summed E-state index contributed by atoms with van der Waals surface area (Å²) in [4.78, 5) is 16.5. The van der Waals surface area contributed by atoms with Gasteiger partial charge in [-0.1, -0.05) is 0 Å². The minimum Gasteiger partial charge on any atom is -0.338 e. The number of unbranched alkanes of at least 4 members (excludes halogenated alkanes) is 1. The zero-order chi connectivity index (χ0) is 15.7. The van der Waals surface area contributed by atoms with Gasteiger partial charge in [-0.25, -0.2) is 4.79 Å². The molecule has 0 radical (unpaired) electrons. The lowest BCUT2D eigenvalue weighted by molar-refractivity contribution is 0.186.